The van der Waals surface area contributed by atoms with E-state index in [-0.39, 0.29) is 11.5 Å². The molecule has 0 aliphatic heterocycles. The average molecular weight is 251 g/mol. The van der Waals surface area contributed by atoms with Crippen LogP contribution in [0.2, 0.25) is 5.02 Å². The molecule has 0 heterocycles. The fourth-order valence-electron chi connectivity index (χ4n) is 1.62. The second-order valence-electron chi connectivity index (χ2n) is 3.75. The monoisotopic (exact) mass is 250 g/mol. The van der Waals surface area contributed by atoms with Gasteiger partial charge in [-0.2, -0.15) is 0 Å². The van der Waals surface area contributed by atoms with Crippen molar-refractivity contribution in [1.29, 1.82) is 0 Å². The van der Waals surface area contributed by atoms with E-state index in [4.69, 9.17) is 11.6 Å². The highest BCUT2D eigenvalue weighted by Crippen LogP contribution is 2.37. The van der Waals surface area contributed by atoms with E-state index in [1.165, 1.54) is 6.07 Å². The van der Waals surface area contributed by atoms with Gasteiger partial charge in [0.15, 0.2) is 11.5 Å². The van der Waals surface area contributed by atoms with Crippen LogP contribution >= 0.6 is 11.6 Å². The number of hydrogen-bond donors (Lipinski definition) is 3. The summed E-state index contributed by atoms with van der Waals surface area (Å²) in [6, 6.07) is 10.1. The van der Waals surface area contributed by atoms with Crippen molar-refractivity contribution in [3.8, 4) is 17.2 Å². The van der Waals surface area contributed by atoms with E-state index in [0.29, 0.717) is 17.0 Å². The number of benzene rings is 2. The Kier molecular flexibility index (Phi) is 3.11. The summed E-state index contributed by atoms with van der Waals surface area (Å²) in [5.41, 5.74) is 1.44. The van der Waals surface area contributed by atoms with Crippen LogP contribution in [0, 0.1) is 0 Å². The molecule has 0 fully saturated rings. The van der Waals surface area contributed by atoms with E-state index in [0.717, 1.165) is 5.56 Å². The van der Waals surface area contributed by atoms with Gasteiger partial charge in [0.2, 0.25) is 5.75 Å². The number of rotatable bonds is 2. The summed E-state index contributed by atoms with van der Waals surface area (Å²) in [4.78, 5) is 0. The van der Waals surface area contributed by atoms with E-state index in [1.54, 1.807) is 18.2 Å². The molecule has 0 amide bonds. The maximum atomic E-state index is 9.67. The first kappa shape index (κ1) is 11.6. The van der Waals surface area contributed by atoms with Crippen LogP contribution < -0.4 is 0 Å². The van der Waals surface area contributed by atoms with Crippen LogP contribution in [-0.2, 0) is 6.42 Å². The topological polar surface area (TPSA) is 60.7 Å². The van der Waals surface area contributed by atoms with Gasteiger partial charge in [0.05, 0.1) is 0 Å². The lowest BCUT2D eigenvalue weighted by Gasteiger charge is -2.07. The first-order valence-electron chi connectivity index (χ1n) is 5.05. The molecule has 0 aromatic heterocycles. The largest absolute Gasteiger partial charge is 0.504 e. The summed E-state index contributed by atoms with van der Waals surface area (Å²) >= 11 is 5.86. The van der Waals surface area contributed by atoms with Crippen molar-refractivity contribution < 1.29 is 15.3 Å². The minimum absolute atomic E-state index is 0.301. The molecule has 0 bridgehead atoms. The average Bonchev–Trinajstić information content (AvgIpc) is 2.30. The van der Waals surface area contributed by atoms with Crippen LogP contribution in [0.25, 0.3) is 0 Å². The molecular formula is C13H11ClO3. The Labute approximate surface area is 104 Å². The van der Waals surface area contributed by atoms with Gasteiger partial charge in [-0.05, 0) is 23.8 Å². The third-order valence-corrected chi connectivity index (χ3v) is 2.73. The number of hydrogen-bond acceptors (Lipinski definition) is 3. The van der Waals surface area contributed by atoms with E-state index >= 15 is 0 Å². The van der Waals surface area contributed by atoms with Crippen molar-refractivity contribution in [2.24, 2.45) is 0 Å². The Bertz CT molecular complexity index is 552. The maximum absolute atomic E-state index is 9.67. The number of aromatic hydroxyl groups is 3. The molecule has 2 aromatic rings. The lowest BCUT2D eigenvalue weighted by Crippen LogP contribution is -1.89. The van der Waals surface area contributed by atoms with Gasteiger partial charge in [-0.1, -0.05) is 29.8 Å². The molecule has 3 N–H and O–H groups in total. The van der Waals surface area contributed by atoms with Crippen molar-refractivity contribution in [2.75, 3.05) is 0 Å². The Balaban J connectivity index is 2.34. The predicted molar refractivity (Wildman–Crippen MR) is 65.7 cm³/mol. The molecule has 0 aliphatic carbocycles. The maximum Gasteiger partial charge on any atom is 0.200 e. The molecule has 0 aliphatic rings. The van der Waals surface area contributed by atoms with Gasteiger partial charge in [-0.3, -0.25) is 0 Å². The van der Waals surface area contributed by atoms with Crippen molar-refractivity contribution >= 4 is 11.6 Å². The lowest BCUT2D eigenvalue weighted by atomic mass is 10.0. The number of halogens is 1. The van der Waals surface area contributed by atoms with Crippen LogP contribution in [0.5, 0.6) is 17.2 Å². The van der Waals surface area contributed by atoms with Crippen LogP contribution in [0.3, 0.4) is 0 Å². The van der Waals surface area contributed by atoms with Gasteiger partial charge in [-0.25, -0.2) is 0 Å². The molecule has 17 heavy (non-hydrogen) atoms. The van der Waals surface area contributed by atoms with Gasteiger partial charge in [-0.15, -0.1) is 0 Å². The molecule has 0 saturated carbocycles. The second-order valence-corrected chi connectivity index (χ2v) is 4.18. The van der Waals surface area contributed by atoms with Gasteiger partial charge < -0.3 is 15.3 Å². The van der Waals surface area contributed by atoms with Crippen LogP contribution in [0.4, 0.5) is 0 Å². The third-order valence-electron chi connectivity index (χ3n) is 2.50. The summed E-state index contributed by atoms with van der Waals surface area (Å²) in [6.45, 7) is 0. The molecule has 0 radical (unpaired) electrons. The molecule has 88 valence electrons. The molecule has 0 unspecified atom stereocenters. The van der Waals surface area contributed by atoms with Crippen molar-refractivity contribution in [1.82, 2.24) is 0 Å². The molecule has 3 nitrogen and oxygen atoms in total. The standard InChI is InChI=1S/C13H11ClO3/c14-10-3-1-2-8(7-10)6-9-4-5-11(15)13(17)12(9)16/h1-5,7,15-17H,6H2. The van der Waals surface area contributed by atoms with Gasteiger partial charge in [0, 0.05) is 17.0 Å². The summed E-state index contributed by atoms with van der Waals surface area (Å²) in [5.74, 6) is -1.13. The zero-order chi connectivity index (χ0) is 12.4. The van der Waals surface area contributed by atoms with Crippen molar-refractivity contribution in [3.05, 3.63) is 52.5 Å². The molecular weight excluding hydrogens is 240 g/mol. The first-order valence-corrected chi connectivity index (χ1v) is 5.43. The van der Waals surface area contributed by atoms with Crippen molar-refractivity contribution in [3.63, 3.8) is 0 Å². The zero-order valence-corrected chi connectivity index (χ0v) is 9.65. The van der Waals surface area contributed by atoms with Gasteiger partial charge in [0.25, 0.3) is 0 Å². The minimum atomic E-state index is -0.496. The highest BCUT2D eigenvalue weighted by Gasteiger charge is 2.11. The molecule has 0 spiro atoms. The predicted octanol–water partition coefficient (Wildman–Crippen LogP) is 3.05. The zero-order valence-electron chi connectivity index (χ0n) is 8.89. The van der Waals surface area contributed by atoms with Gasteiger partial charge >= 0.3 is 0 Å². The highest BCUT2D eigenvalue weighted by atomic mass is 35.5. The van der Waals surface area contributed by atoms with Crippen LogP contribution in [0.1, 0.15) is 11.1 Å². The van der Waals surface area contributed by atoms with E-state index in [1.807, 2.05) is 12.1 Å². The SMILES string of the molecule is Oc1ccc(Cc2cccc(Cl)c2)c(O)c1O. The Morgan fingerprint density at radius 2 is 1.71 bits per heavy atom. The number of phenols is 3. The molecule has 2 aromatic carbocycles. The fourth-order valence-corrected chi connectivity index (χ4v) is 1.83. The molecule has 2 rings (SSSR count). The lowest BCUT2D eigenvalue weighted by molar-refractivity contribution is 0.365. The smallest absolute Gasteiger partial charge is 0.200 e. The fraction of sp³-hybridized carbons (Fsp3) is 0.0769. The Hall–Kier alpha value is -1.87. The third kappa shape index (κ3) is 2.45. The molecule has 0 atom stereocenters. The minimum Gasteiger partial charge on any atom is -0.504 e. The highest BCUT2D eigenvalue weighted by molar-refractivity contribution is 6.30. The van der Waals surface area contributed by atoms with Gasteiger partial charge in [0.1, 0.15) is 0 Å². The Morgan fingerprint density at radius 3 is 2.41 bits per heavy atom. The van der Waals surface area contributed by atoms with E-state index in [9.17, 15) is 15.3 Å². The normalized spacial score (nSPS) is 10.4. The summed E-state index contributed by atoms with van der Waals surface area (Å²) in [6.07, 6.45) is 0.431. The quantitative estimate of drug-likeness (QED) is 0.718. The van der Waals surface area contributed by atoms with E-state index < -0.39 is 5.75 Å². The van der Waals surface area contributed by atoms with Crippen LogP contribution in [-0.4, -0.2) is 15.3 Å². The van der Waals surface area contributed by atoms with Crippen LogP contribution in [0.15, 0.2) is 36.4 Å². The number of phenolic OH excluding ortho intramolecular Hbond substituents is 3. The first-order chi connectivity index (χ1) is 8.08. The van der Waals surface area contributed by atoms with Crippen molar-refractivity contribution in [2.45, 2.75) is 6.42 Å². The van der Waals surface area contributed by atoms with E-state index in [2.05, 4.69) is 0 Å². The Morgan fingerprint density at radius 1 is 0.941 bits per heavy atom. The molecule has 4 heteroatoms. The second kappa shape index (κ2) is 4.55. The summed E-state index contributed by atoms with van der Waals surface area (Å²) < 4.78 is 0. The summed E-state index contributed by atoms with van der Waals surface area (Å²) in [7, 11) is 0. The molecule has 0 saturated heterocycles. The summed E-state index contributed by atoms with van der Waals surface area (Å²) in [5, 5.41) is 28.9.